The molecule has 26 heavy (non-hydrogen) atoms. The maximum absolute atomic E-state index is 14.0. The molecular weight excluding hydrogens is 393 g/mol. The molecule has 0 unspecified atom stereocenters. The minimum atomic E-state index is -0.261. The topological polar surface area (TPSA) is 51.3 Å². The second kappa shape index (κ2) is 8.06. The molecule has 130 valence electrons. The summed E-state index contributed by atoms with van der Waals surface area (Å²) >= 11 is 3.26. The SMILES string of the molecule is C=C(N=Cc1ccccc1N)c1cccc(Cc2ccc(Br)cc2F)n1. The lowest BCUT2D eigenvalue weighted by Crippen LogP contribution is -1.98. The van der Waals surface area contributed by atoms with Crippen LogP contribution in [0.4, 0.5) is 10.1 Å². The van der Waals surface area contributed by atoms with Gasteiger partial charge in [-0.3, -0.25) is 9.98 Å². The number of nitrogens with two attached hydrogens (primary N) is 1. The van der Waals surface area contributed by atoms with E-state index >= 15 is 0 Å². The third-order valence-corrected chi connectivity index (χ3v) is 4.34. The highest BCUT2D eigenvalue weighted by Crippen LogP contribution is 2.19. The zero-order valence-electron chi connectivity index (χ0n) is 14.0. The highest BCUT2D eigenvalue weighted by molar-refractivity contribution is 9.10. The largest absolute Gasteiger partial charge is 0.398 e. The number of anilines is 1. The number of aromatic nitrogens is 1. The summed E-state index contributed by atoms with van der Waals surface area (Å²) in [6.45, 7) is 3.97. The van der Waals surface area contributed by atoms with Crippen LogP contribution in [0.15, 0.2) is 76.7 Å². The van der Waals surface area contributed by atoms with Crippen LogP contribution in [-0.4, -0.2) is 11.2 Å². The van der Waals surface area contributed by atoms with Gasteiger partial charge in [-0.15, -0.1) is 0 Å². The van der Waals surface area contributed by atoms with Gasteiger partial charge >= 0.3 is 0 Å². The molecule has 2 N–H and O–H groups in total. The first-order chi connectivity index (χ1) is 12.5. The van der Waals surface area contributed by atoms with Crippen molar-refractivity contribution in [2.24, 2.45) is 4.99 Å². The van der Waals surface area contributed by atoms with Crippen LogP contribution < -0.4 is 5.73 Å². The monoisotopic (exact) mass is 409 g/mol. The highest BCUT2D eigenvalue weighted by atomic mass is 79.9. The Morgan fingerprint density at radius 1 is 1.15 bits per heavy atom. The van der Waals surface area contributed by atoms with Crippen LogP contribution in [0, 0.1) is 5.82 Å². The Labute approximate surface area is 160 Å². The van der Waals surface area contributed by atoms with E-state index in [1.54, 1.807) is 12.3 Å². The Morgan fingerprint density at radius 3 is 2.73 bits per heavy atom. The lowest BCUT2D eigenvalue weighted by Gasteiger charge is -2.06. The van der Waals surface area contributed by atoms with Gasteiger partial charge in [0.1, 0.15) is 5.82 Å². The lowest BCUT2D eigenvalue weighted by atomic mass is 10.1. The summed E-state index contributed by atoms with van der Waals surface area (Å²) < 4.78 is 14.7. The first kappa shape index (κ1) is 18.0. The molecule has 0 spiro atoms. The van der Waals surface area contributed by atoms with Gasteiger partial charge in [-0.25, -0.2) is 4.39 Å². The fraction of sp³-hybridized carbons (Fsp3) is 0.0476. The summed E-state index contributed by atoms with van der Waals surface area (Å²) in [4.78, 5) is 8.90. The van der Waals surface area contributed by atoms with Gasteiger partial charge in [0.25, 0.3) is 0 Å². The molecule has 0 aliphatic rings. The van der Waals surface area contributed by atoms with E-state index < -0.39 is 0 Å². The summed E-state index contributed by atoms with van der Waals surface area (Å²) in [6, 6.07) is 18.0. The zero-order valence-corrected chi connectivity index (χ0v) is 15.6. The number of benzene rings is 2. The van der Waals surface area contributed by atoms with Crippen molar-refractivity contribution < 1.29 is 4.39 Å². The first-order valence-corrected chi connectivity index (χ1v) is 8.80. The van der Waals surface area contributed by atoms with E-state index in [4.69, 9.17) is 5.73 Å². The number of halogens is 2. The number of pyridine rings is 1. The predicted octanol–water partition coefficient (Wildman–Crippen LogP) is 5.25. The maximum atomic E-state index is 14.0. The van der Waals surface area contributed by atoms with Crippen molar-refractivity contribution in [3.63, 3.8) is 0 Å². The Hall–Kier alpha value is -2.79. The smallest absolute Gasteiger partial charge is 0.127 e. The third kappa shape index (κ3) is 4.43. The number of hydrogen-bond donors (Lipinski definition) is 1. The van der Waals surface area contributed by atoms with Crippen LogP contribution in [-0.2, 0) is 6.42 Å². The molecule has 2 aromatic carbocycles. The Morgan fingerprint density at radius 2 is 1.96 bits per heavy atom. The number of nitrogen functional groups attached to an aromatic ring is 1. The van der Waals surface area contributed by atoms with Gasteiger partial charge in [-0.05, 0) is 35.9 Å². The van der Waals surface area contributed by atoms with Crippen molar-refractivity contribution in [2.75, 3.05) is 5.73 Å². The van der Waals surface area contributed by atoms with Crippen molar-refractivity contribution in [3.05, 3.63) is 100 Å². The molecule has 0 radical (unpaired) electrons. The van der Waals surface area contributed by atoms with Crippen LogP contribution in [0.3, 0.4) is 0 Å². The van der Waals surface area contributed by atoms with Gasteiger partial charge in [0.15, 0.2) is 0 Å². The molecule has 3 nitrogen and oxygen atoms in total. The summed E-state index contributed by atoms with van der Waals surface area (Å²) in [5.74, 6) is -0.261. The molecule has 3 rings (SSSR count). The average molecular weight is 410 g/mol. The normalized spacial score (nSPS) is 11.0. The van der Waals surface area contributed by atoms with E-state index in [0.717, 1.165) is 11.3 Å². The van der Waals surface area contributed by atoms with E-state index in [-0.39, 0.29) is 5.82 Å². The van der Waals surface area contributed by atoms with Gasteiger partial charge in [0.2, 0.25) is 0 Å². The van der Waals surface area contributed by atoms with E-state index in [1.165, 1.54) is 6.07 Å². The van der Waals surface area contributed by atoms with E-state index in [0.29, 0.717) is 33.5 Å². The van der Waals surface area contributed by atoms with Crippen molar-refractivity contribution in [1.29, 1.82) is 0 Å². The summed E-state index contributed by atoms with van der Waals surface area (Å²) in [5, 5.41) is 0. The summed E-state index contributed by atoms with van der Waals surface area (Å²) in [6.07, 6.45) is 2.07. The van der Waals surface area contributed by atoms with E-state index in [9.17, 15) is 4.39 Å². The molecule has 0 bridgehead atoms. The van der Waals surface area contributed by atoms with Crippen molar-refractivity contribution in [3.8, 4) is 0 Å². The van der Waals surface area contributed by atoms with Crippen LogP contribution in [0.1, 0.15) is 22.5 Å². The summed E-state index contributed by atoms with van der Waals surface area (Å²) in [7, 11) is 0. The number of para-hydroxylation sites is 1. The van der Waals surface area contributed by atoms with E-state index in [2.05, 4.69) is 32.5 Å². The van der Waals surface area contributed by atoms with Crippen LogP contribution in [0.2, 0.25) is 0 Å². The number of aliphatic imine (C=N–C) groups is 1. The number of rotatable bonds is 5. The van der Waals surface area contributed by atoms with Gasteiger partial charge < -0.3 is 5.73 Å². The molecular formula is C21H17BrFN3. The standard InChI is InChI=1S/C21H17BrFN3/c1-14(25-13-16-5-2-3-7-20(16)24)21-8-4-6-18(26-21)11-15-9-10-17(22)12-19(15)23/h2-10,12-13H,1,11,24H2. The lowest BCUT2D eigenvalue weighted by molar-refractivity contribution is 0.612. The first-order valence-electron chi connectivity index (χ1n) is 8.00. The Bertz CT molecular complexity index is 982. The molecule has 0 amide bonds. The zero-order chi connectivity index (χ0) is 18.5. The Kier molecular flexibility index (Phi) is 5.58. The molecule has 5 heteroatoms. The molecule has 0 saturated carbocycles. The van der Waals surface area contributed by atoms with Crippen LogP contribution in [0.25, 0.3) is 5.70 Å². The molecule has 3 aromatic rings. The molecule has 1 heterocycles. The van der Waals surface area contributed by atoms with Crippen molar-refractivity contribution in [1.82, 2.24) is 4.98 Å². The minimum Gasteiger partial charge on any atom is -0.398 e. The molecule has 0 aliphatic heterocycles. The molecule has 0 fully saturated rings. The molecule has 0 aliphatic carbocycles. The fourth-order valence-electron chi connectivity index (χ4n) is 2.44. The van der Waals surface area contributed by atoms with Gasteiger partial charge in [-0.2, -0.15) is 0 Å². The van der Waals surface area contributed by atoms with Gasteiger partial charge in [0, 0.05) is 34.1 Å². The predicted molar refractivity (Wildman–Crippen MR) is 109 cm³/mol. The molecule has 1 aromatic heterocycles. The maximum Gasteiger partial charge on any atom is 0.127 e. The second-order valence-corrected chi connectivity index (χ2v) is 6.68. The summed E-state index contributed by atoms with van der Waals surface area (Å²) in [5.41, 5.74) is 9.88. The molecule has 0 atom stereocenters. The second-order valence-electron chi connectivity index (χ2n) is 5.76. The average Bonchev–Trinajstić information content (AvgIpc) is 2.63. The Balaban J connectivity index is 1.78. The van der Waals surface area contributed by atoms with E-state index in [1.807, 2.05) is 48.5 Å². The van der Waals surface area contributed by atoms with Crippen LogP contribution in [0.5, 0.6) is 0 Å². The number of hydrogen-bond acceptors (Lipinski definition) is 3. The number of nitrogens with zero attached hydrogens (tertiary/aromatic N) is 2. The minimum absolute atomic E-state index is 0.261. The van der Waals surface area contributed by atoms with Gasteiger partial charge in [-0.1, -0.05) is 52.8 Å². The fourth-order valence-corrected chi connectivity index (χ4v) is 2.77. The highest BCUT2D eigenvalue weighted by Gasteiger charge is 2.07. The quantitative estimate of drug-likeness (QED) is 0.462. The third-order valence-electron chi connectivity index (χ3n) is 3.84. The van der Waals surface area contributed by atoms with Crippen LogP contribution >= 0.6 is 15.9 Å². The molecule has 0 saturated heterocycles. The van der Waals surface area contributed by atoms with Crippen molar-refractivity contribution >= 4 is 33.5 Å². The van der Waals surface area contributed by atoms with Crippen molar-refractivity contribution in [2.45, 2.75) is 6.42 Å². The van der Waals surface area contributed by atoms with Gasteiger partial charge in [0.05, 0.1) is 11.4 Å².